The van der Waals surface area contributed by atoms with Crippen LogP contribution in [0.1, 0.15) is 16.7 Å². The van der Waals surface area contributed by atoms with Gasteiger partial charge in [-0.3, -0.25) is 0 Å². The van der Waals surface area contributed by atoms with E-state index in [1.807, 2.05) is 25.1 Å². The van der Waals surface area contributed by atoms with Crippen LogP contribution < -0.4 is 5.32 Å². The van der Waals surface area contributed by atoms with Gasteiger partial charge in [-0.05, 0) is 19.1 Å². The van der Waals surface area contributed by atoms with Gasteiger partial charge < -0.3 is 10.4 Å². The van der Waals surface area contributed by atoms with Gasteiger partial charge in [0.2, 0.25) is 0 Å². The van der Waals surface area contributed by atoms with E-state index in [9.17, 15) is 5.11 Å². The van der Waals surface area contributed by atoms with Crippen LogP contribution in [0.5, 0.6) is 0 Å². The second kappa shape index (κ2) is 4.95. The highest BCUT2D eigenvalue weighted by Gasteiger charge is 2.13. The molecule has 0 aliphatic carbocycles. The topological polar surface area (TPSA) is 58.0 Å². The van der Waals surface area contributed by atoms with Gasteiger partial charge in [-0.15, -0.1) is 6.42 Å². The zero-order chi connectivity index (χ0) is 12.3. The highest BCUT2D eigenvalue weighted by atomic mass is 32.1. The molecule has 2 N–H and O–H groups in total. The number of hydrogen-bond acceptors (Lipinski definition) is 5. The molecule has 17 heavy (non-hydrogen) atoms. The van der Waals surface area contributed by atoms with Gasteiger partial charge in [0.1, 0.15) is 5.82 Å². The third-order valence-corrected chi connectivity index (χ3v) is 3.26. The van der Waals surface area contributed by atoms with Crippen molar-refractivity contribution >= 4 is 22.3 Å². The van der Waals surface area contributed by atoms with E-state index in [1.165, 1.54) is 11.3 Å². The lowest BCUT2D eigenvalue weighted by atomic mass is 10.3. The first-order valence-corrected chi connectivity index (χ1v) is 5.82. The van der Waals surface area contributed by atoms with E-state index in [-0.39, 0.29) is 0 Å². The standard InChI is InChI=1S/C12H11N3OS/c1-3-9(16)11-8(2)14-12(17-11)15-10-6-4-5-7-13-10/h1,4-7,9,16H,2H3,(H,13,14,15). The molecular weight excluding hydrogens is 234 g/mol. The molecule has 1 atom stereocenters. The molecule has 0 spiro atoms. The van der Waals surface area contributed by atoms with E-state index in [0.717, 1.165) is 5.69 Å². The number of pyridine rings is 1. The third kappa shape index (κ3) is 2.61. The van der Waals surface area contributed by atoms with E-state index in [1.54, 1.807) is 6.20 Å². The molecule has 2 aromatic heterocycles. The van der Waals surface area contributed by atoms with Crippen molar-refractivity contribution in [2.24, 2.45) is 0 Å². The number of aliphatic hydroxyl groups is 1. The summed E-state index contributed by atoms with van der Waals surface area (Å²) < 4.78 is 0. The SMILES string of the molecule is C#CC(O)c1sc(Nc2ccccn2)nc1C. The number of hydrogen-bond donors (Lipinski definition) is 2. The van der Waals surface area contributed by atoms with Crippen LogP contribution in [0.2, 0.25) is 0 Å². The van der Waals surface area contributed by atoms with Crippen molar-refractivity contribution in [2.45, 2.75) is 13.0 Å². The summed E-state index contributed by atoms with van der Waals surface area (Å²) >= 11 is 1.33. The molecule has 2 aromatic rings. The Hall–Kier alpha value is -1.90. The van der Waals surface area contributed by atoms with E-state index in [2.05, 4.69) is 21.2 Å². The Kier molecular flexibility index (Phi) is 3.38. The molecular formula is C12H11N3OS. The van der Waals surface area contributed by atoms with Crippen molar-refractivity contribution in [1.29, 1.82) is 0 Å². The van der Waals surface area contributed by atoms with Crippen LogP contribution in [0, 0.1) is 19.3 Å². The van der Waals surface area contributed by atoms with Crippen LogP contribution in [0.3, 0.4) is 0 Å². The Bertz CT molecular complexity index is 545. The predicted molar refractivity (Wildman–Crippen MR) is 68.2 cm³/mol. The summed E-state index contributed by atoms with van der Waals surface area (Å²) in [6, 6.07) is 5.56. The number of thiazole rings is 1. The van der Waals surface area contributed by atoms with Gasteiger partial charge in [-0.25, -0.2) is 9.97 Å². The lowest BCUT2D eigenvalue weighted by molar-refractivity contribution is 0.241. The van der Waals surface area contributed by atoms with Crippen LogP contribution in [-0.2, 0) is 0 Å². The zero-order valence-corrected chi connectivity index (χ0v) is 10.0. The van der Waals surface area contributed by atoms with Crippen molar-refractivity contribution in [3.8, 4) is 12.3 Å². The summed E-state index contributed by atoms with van der Waals surface area (Å²) in [7, 11) is 0. The maximum Gasteiger partial charge on any atom is 0.188 e. The number of terminal acetylenes is 1. The number of nitrogens with zero attached hydrogens (tertiary/aromatic N) is 2. The fraction of sp³-hybridized carbons (Fsp3) is 0.167. The Morgan fingerprint density at radius 1 is 1.53 bits per heavy atom. The molecule has 0 radical (unpaired) electrons. The molecule has 0 fully saturated rings. The minimum Gasteiger partial charge on any atom is -0.375 e. The highest BCUT2D eigenvalue weighted by molar-refractivity contribution is 7.15. The van der Waals surface area contributed by atoms with Crippen molar-refractivity contribution in [2.75, 3.05) is 5.32 Å². The van der Waals surface area contributed by atoms with Crippen LogP contribution in [0.4, 0.5) is 10.9 Å². The quantitative estimate of drug-likeness (QED) is 0.814. The monoisotopic (exact) mass is 245 g/mol. The zero-order valence-electron chi connectivity index (χ0n) is 9.21. The molecule has 0 bridgehead atoms. The molecule has 0 saturated carbocycles. The second-order valence-electron chi connectivity index (χ2n) is 3.38. The first-order valence-electron chi connectivity index (χ1n) is 5.00. The molecule has 0 aliphatic heterocycles. The van der Waals surface area contributed by atoms with Crippen molar-refractivity contribution in [3.05, 3.63) is 35.0 Å². The van der Waals surface area contributed by atoms with Gasteiger partial charge in [-0.2, -0.15) is 0 Å². The Morgan fingerprint density at radius 2 is 2.35 bits per heavy atom. The Labute approximate surface area is 103 Å². The fourth-order valence-electron chi connectivity index (χ4n) is 1.34. The van der Waals surface area contributed by atoms with Gasteiger partial charge in [0.25, 0.3) is 0 Å². The Morgan fingerprint density at radius 3 is 3.00 bits per heavy atom. The van der Waals surface area contributed by atoms with Crippen LogP contribution in [0.15, 0.2) is 24.4 Å². The third-order valence-electron chi connectivity index (χ3n) is 2.14. The van der Waals surface area contributed by atoms with Crippen LogP contribution in [-0.4, -0.2) is 15.1 Å². The number of nitrogens with one attached hydrogen (secondary N) is 1. The Balaban J connectivity index is 2.22. The van der Waals surface area contributed by atoms with E-state index < -0.39 is 6.10 Å². The maximum atomic E-state index is 9.58. The predicted octanol–water partition coefficient (Wildman–Crippen LogP) is 2.26. The summed E-state index contributed by atoms with van der Waals surface area (Å²) in [5.41, 5.74) is 0.735. The number of rotatable bonds is 3. The van der Waals surface area contributed by atoms with Crippen LogP contribution in [0.25, 0.3) is 0 Å². The molecule has 1 unspecified atom stereocenters. The lowest BCUT2D eigenvalue weighted by Gasteiger charge is -1.99. The molecule has 4 nitrogen and oxygen atoms in total. The smallest absolute Gasteiger partial charge is 0.188 e. The summed E-state index contributed by atoms with van der Waals surface area (Å²) in [6.45, 7) is 1.82. The fourth-order valence-corrected chi connectivity index (χ4v) is 2.26. The average Bonchev–Trinajstić information content (AvgIpc) is 2.70. The van der Waals surface area contributed by atoms with Gasteiger partial charge in [0, 0.05) is 6.20 Å². The molecule has 0 aromatic carbocycles. The highest BCUT2D eigenvalue weighted by Crippen LogP contribution is 2.29. The number of aromatic nitrogens is 2. The first kappa shape index (κ1) is 11.6. The molecule has 2 rings (SSSR count). The van der Waals surface area contributed by atoms with Crippen molar-refractivity contribution in [3.63, 3.8) is 0 Å². The molecule has 86 valence electrons. The first-order chi connectivity index (χ1) is 8.20. The maximum absolute atomic E-state index is 9.58. The number of aryl methyl sites for hydroxylation is 1. The van der Waals surface area contributed by atoms with Crippen molar-refractivity contribution in [1.82, 2.24) is 9.97 Å². The van der Waals surface area contributed by atoms with E-state index in [4.69, 9.17) is 6.42 Å². The molecule has 5 heteroatoms. The molecule has 2 heterocycles. The number of aliphatic hydroxyl groups excluding tert-OH is 1. The molecule has 0 aliphatic rings. The average molecular weight is 245 g/mol. The van der Waals surface area contributed by atoms with E-state index >= 15 is 0 Å². The minimum atomic E-state index is -0.896. The summed E-state index contributed by atoms with van der Waals surface area (Å²) in [6.07, 6.45) is 5.98. The summed E-state index contributed by atoms with van der Waals surface area (Å²) in [5, 5.41) is 13.3. The molecule has 0 saturated heterocycles. The molecule has 0 amide bonds. The summed E-state index contributed by atoms with van der Waals surface area (Å²) in [4.78, 5) is 9.10. The van der Waals surface area contributed by atoms with Gasteiger partial charge in [-0.1, -0.05) is 23.3 Å². The minimum absolute atomic E-state index is 0.672. The van der Waals surface area contributed by atoms with Crippen LogP contribution >= 0.6 is 11.3 Å². The summed E-state index contributed by atoms with van der Waals surface area (Å²) in [5.74, 6) is 2.99. The van der Waals surface area contributed by atoms with Gasteiger partial charge in [0.05, 0.1) is 10.6 Å². The second-order valence-corrected chi connectivity index (χ2v) is 4.41. The van der Waals surface area contributed by atoms with Gasteiger partial charge >= 0.3 is 0 Å². The van der Waals surface area contributed by atoms with E-state index in [0.29, 0.717) is 15.8 Å². The largest absolute Gasteiger partial charge is 0.375 e. The van der Waals surface area contributed by atoms with Crippen molar-refractivity contribution < 1.29 is 5.11 Å². The normalized spacial score (nSPS) is 11.8. The lowest BCUT2D eigenvalue weighted by Crippen LogP contribution is -1.92. The van der Waals surface area contributed by atoms with Gasteiger partial charge in [0.15, 0.2) is 11.2 Å². The number of anilines is 2.